The summed E-state index contributed by atoms with van der Waals surface area (Å²) in [4.78, 5) is 2.30. The Morgan fingerprint density at radius 1 is 1.07 bits per heavy atom. The van der Waals surface area contributed by atoms with Crippen LogP contribution in [0.1, 0.15) is 36.0 Å². The molecule has 0 amide bonds. The lowest BCUT2D eigenvalue weighted by Crippen LogP contribution is -2.38. The second kappa shape index (κ2) is 11.3. The van der Waals surface area contributed by atoms with Gasteiger partial charge in [0.2, 0.25) is 0 Å². The molecule has 1 aliphatic rings. The van der Waals surface area contributed by atoms with Crippen LogP contribution in [0.5, 0.6) is 11.5 Å². The number of hydrogen-bond donors (Lipinski definition) is 2. The van der Waals surface area contributed by atoms with Crippen molar-refractivity contribution in [2.45, 2.75) is 45.4 Å². The first kappa shape index (κ1) is 22.5. The summed E-state index contributed by atoms with van der Waals surface area (Å²) in [6, 6.07) is 10.6. The van der Waals surface area contributed by atoms with Crippen molar-refractivity contribution < 1.29 is 19.0 Å². The molecule has 3 rings (SSSR count). The maximum atomic E-state index is 13.5. The third-order valence-corrected chi connectivity index (χ3v) is 5.53. The number of benzene rings is 2. The van der Waals surface area contributed by atoms with E-state index in [0.717, 1.165) is 29.8 Å². The second-order valence-electron chi connectivity index (χ2n) is 7.99. The van der Waals surface area contributed by atoms with Crippen molar-refractivity contribution in [2.75, 3.05) is 33.4 Å². The van der Waals surface area contributed by atoms with E-state index >= 15 is 0 Å². The zero-order valence-corrected chi connectivity index (χ0v) is 18.0. The highest BCUT2D eigenvalue weighted by Gasteiger charge is 2.16. The summed E-state index contributed by atoms with van der Waals surface area (Å²) in [5.41, 5.74) is 3.04. The van der Waals surface area contributed by atoms with Gasteiger partial charge in [-0.2, -0.15) is 0 Å². The largest absolute Gasteiger partial charge is 0.493 e. The number of halogens is 1. The molecule has 1 aliphatic heterocycles. The van der Waals surface area contributed by atoms with E-state index in [9.17, 15) is 9.50 Å². The molecule has 6 heteroatoms. The number of hydrogen-bond acceptors (Lipinski definition) is 5. The third kappa shape index (κ3) is 6.69. The van der Waals surface area contributed by atoms with Crippen LogP contribution in [-0.2, 0) is 13.1 Å². The molecule has 0 bridgehead atoms. The molecule has 0 saturated carbocycles. The average Bonchev–Trinajstić information content (AvgIpc) is 2.75. The molecule has 1 fully saturated rings. The Kier molecular flexibility index (Phi) is 8.49. The van der Waals surface area contributed by atoms with Crippen LogP contribution in [0.25, 0.3) is 0 Å². The number of aliphatic hydroxyl groups is 1. The first-order chi connectivity index (χ1) is 14.5. The van der Waals surface area contributed by atoms with E-state index in [0.29, 0.717) is 31.1 Å². The highest BCUT2D eigenvalue weighted by atomic mass is 19.1. The number of methoxy groups -OCH3 is 1. The van der Waals surface area contributed by atoms with Crippen LogP contribution in [0.4, 0.5) is 4.39 Å². The monoisotopic (exact) mass is 416 g/mol. The minimum atomic E-state index is -0.537. The summed E-state index contributed by atoms with van der Waals surface area (Å²) in [7, 11) is 1.61. The standard InChI is InChI=1S/C24H33FN2O3/c1-18-6-8-21(25)13-20(18)15-26-14-19-7-9-23(29-2)24(12-19)30-17-22(28)16-27-10-4-3-5-11-27/h6-9,12-13,22,26,28H,3-5,10-11,14-17H2,1-2H3. The molecule has 0 aromatic heterocycles. The molecule has 164 valence electrons. The molecule has 5 nitrogen and oxygen atoms in total. The Bertz CT molecular complexity index is 809. The van der Waals surface area contributed by atoms with Gasteiger partial charge in [0.25, 0.3) is 0 Å². The van der Waals surface area contributed by atoms with Crippen molar-refractivity contribution in [3.63, 3.8) is 0 Å². The van der Waals surface area contributed by atoms with Crippen LogP contribution in [0, 0.1) is 12.7 Å². The van der Waals surface area contributed by atoms with Gasteiger partial charge in [-0.05, 0) is 73.8 Å². The molecule has 0 radical (unpaired) electrons. The Morgan fingerprint density at radius 2 is 1.87 bits per heavy atom. The van der Waals surface area contributed by atoms with E-state index in [-0.39, 0.29) is 12.4 Å². The van der Waals surface area contributed by atoms with Crippen molar-refractivity contribution in [2.24, 2.45) is 0 Å². The van der Waals surface area contributed by atoms with Crippen molar-refractivity contribution >= 4 is 0 Å². The summed E-state index contributed by atoms with van der Waals surface area (Å²) in [6.07, 6.45) is 3.14. The minimum absolute atomic E-state index is 0.222. The lowest BCUT2D eigenvalue weighted by molar-refractivity contribution is 0.0608. The fraction of sp³-hybridized carbons (Fsp3) is 0.500. The first-order valence-electron chi connectivity index (χ1n) is 10.7. The normalized spacial score (nSPS) is 15.7. The highest BCUT2D eigenvalue weighted by molar-refractivity contribution is 5.43. The van der Waals surface area contributed by atoms with Crippen molar-refractivity contribution in [1.29, 1.82) is 0 Å². The number of aryl methyl sites for hydroxylation is 1. The maximum absolute atomic E-state index is 13.5. The maximum Gasteiger partial charge on any atom is 0.161 e. The number of nitrogens with zero attached hydrogens (tertiary/aromatic N) is 1. The van der Waals surface area contributed by atoms with Gasteiger partial charge < -0.3 is 24.8 Å². The Morgan fingerprint density at radius 3 is 2.63 bits per heavy atom. The highest BCUT2D eigenvalue weighted by Crippen LogP contribution is 2.28. The lowest BCUT2D eigenvalue weighted by Gasteiger charge is -2.28. The van der Waals surface area contributed by atoms with Crippen LogP contribution < -0.4 is 14.8 Å². The van der Waals surface area contributed by atoms with Crippen LogP contribution in [0.15, 0.2) is 36.4 Å². The van der Waals surface area contributed by atoms with Gasteiger partial charge in [0.05, 0.1) is 7.11 Å². The summed E-state index contributed by atoms with van der Waals surface area (Å²) >= 11 is 0. The van der Waals surface area contributed by atoms with E-state index in [1.165, 1.54) is 25.3 Å². The SMILES string of the molecule is COc1ccc(CNCc2cc(F)ccc2C)cc1OCC(O)CN1CCCCC1. The molecule has 0 spiro atoms. The summed E-state index contributed by atoms with van der Waals surface area (Å²) in [6.45, 7) is 6.14. The second-order valence-corrected chi connectivity index (χ2v) is 7.99. The number of piperidine rings is 1. The third-order valence-electron chi connectivity index (χ3n) is 5.53. The van der Waals surface area contributed by atoms with Crippen molar-refractivity contribution in [3.05, 3.63) is 58.9 Å². The van der Waals surface area contributed by atoms with Crippen LogP contribution >= 0.6 is 0 Å². The number of rotatable bonds is 10. The molecule has 1 atom stereocenters. The quantitative estimate of drug-likeness (QED) is 0.619. The van der Waals surface area contributed by atoms with Crippen LogP contribution in [0.2, 0.25) is 0 Å². The van der Waals surface area contributed by atoms with Gasteiger partial charge in [-0.3, -0.25) is 0 Å². The van der Waals surface area contributed by atoms with Crippen LogP contribution in [-0.4, -0.2) is 49.5 Å². The smallest absolute Gasteiger partial charge is 0.161 e. The fourth-order valence-corrected chi connectivity index (χ4v) is 3.79. The molecular weight excluding hydrogens is 383 g/mol. The van der Waals surface area contributed by atoms with Gasteiger partial charge in [0.1, 0.15) is 18.5 Å². The topological polar surface area (TPSA) is 54.0 Å². The first-order valence-corrected chi connectivity index (χ1v) is 10.7. The van der Waals surface area contributed by atoms with E-state index in [4.69, 9.17) is 9.47 Å². The predicted octanol–water partition coefficient (Wildman–Crippen LogP) is 3.66. The molecule has 1 heterocycles. The molecular formula is C24H33FN2O3. The van der Waals surface area contributed by atoms with E-state index in [1.54, 1.807) is 19.2 Å². The van der Waals surface area contributed by atoms with Gasteiger partial charge in [0, 0.05) is 19.6 Å². The zero-order chi connectivity index (χ0) is 21.3. The van der Waals surface area contributed by atoms with Gasteiger partial charge >= 0.3 is 0 Å². The molecule has 30 heavy (non-hydrogen) atoms. The molecule has 1 unspecified atom stereocenters. The molecule has 2 aromatic carbocycles. The fourth-order valence-electron chi connectivity index (χ4n) is 3.79. The molecule has 0 aliphatic carbocycles. The van der Waals surface area contributed by atoms with E-state index in [1.807, 2.05) is 25.1 Å². The molecule has 2 aromatic rings. The number of likely N-dealkylation sites (tertiary alicyclic amines) is 1. The van der Waals surface area contributed by atoms with Gasteiger partial charge in [-0.25, -0.2) is 4.39 Å². The number of aliphatic hydroxyl groups excluding tert-OH is 1. The average molecular weight is 417 g/mol. The van der Waals surface area contributed by atoms with Crippen molar-refractivity contribution in [3.8, 4) is 11.5 Å². The zero-order valence-electron chi connectivity index (χ0n) is 18.0. The van der Waals surface area contributed by atoms with Crippen LogP contribution in [0.3, 0.4) is 0 Å². The summed E-state index contributed by atoms with van der Waals surface area (Å²) in [5.74, 6) is 1.04. The van der Waals surface area contributed by atoms with E-state index < -0.39 is 6.10 Å². The number of ether oxygens (including phenoxy) is 2. The predicted molar refractivity (Wildman–Crippen MR) is 116 cm³/mol. The summed E-state index contributed by atoms with van der Waals surface area (Å²) in [5, 5.41) is 13.7. The number of nitrogens with one attached hydrogen (secondary N) is 1. The minimum Gasteiger partial charge on any atom is -0.493 e. The van der Waals surface area contributed by atoms with Gasteiger partial charge in [-0.15, -0.1) is 0 Å². The Labute approximate surface area is 178 Å². The molecule has 2 N–H and O–H groups in total. The lowest BCUT2D eigenvalue weighted by atomic mass is 10.1. The molecule has 1 saturated heterocycles. The summed E-state index contributed by atoms with van der Waals surface area (Å²) < 4.78 is 24.7. The van der Waals surface area contributed by atoms with Gasteiger partial charge in [-0.1, -0.05) is 18.6 Å². The number of β-amino-alcohol motifs (C(OH)–C–C–N with tert-alkyl or cyclic N) is 1. The van der Waals surface area contributed by atoms with Gasteiger partial charge in [0.15, 0.2) is 11.5 Å². The Hall–Kier alpha value is -2.15. The van der Waals surface area contributed by atoms with Crippen molar-refractivity contribution in [1.82, 2.24) is 10.2 Å². The Balaban J connectivity index is 1.53. The van der Waals surface area contributed by atoms with E-state index in [2.05, 4.69) is 10.2 Å².